The van der Waals surface area contributed by atoms with Gasteiger partial charge in [-0.15, -0.1) is 0 Å². The van der Waals surface area contributed by atoms with Crippen LogP contribution in [0.2, 0.25) is 0 Å². The average molecular weight is 229 g/mol. The molecule has 0 aliphatic carbocycles. The first kappa shape index (κ1) is 13.2. The molecule has 80 valence electrons. The molecule has 0 N–H and O–H groups in total. The van der Waals surface area contributed by atoms with E-state index in [1.807, 2.05) is 0 Å². The molecule has 0 aliphatic heterocycles. The molecular formula is C8H17ClO3S. The van der Waals surface area contributed by atoms with Crippen LogP contribution in [0.4, 0.5) is 0 Å². The molecule has 0 rings (SSSR count). The maximum Gasteiger partial charge on any atom is 0.232 e. The molecule has 0 unspecified atom stereocenters. The fraction of sp³-hybridized carbons (Fsp3) is 1.00. The first-order valence-corrected chi connectivity index (χ1v) is 7.04. The minimum Gasteiger partial charge on any atom is -0.381 e. The monoisotopic (exact) mass is 228 g/mol. The summed E-state index contributed by atoms with van der Waals surface area (Å²) in [5, 5.41) is 0. The lowest BCUT2D eigenvalue weighted by Crippen LogP contribution is -2.03. The second-order valence-corrected chi connectivity index (χ2v) is 5.81. The Morgan fingerprint density at radius 1 is 1.15 bits per heavy atom. The summed E-state index contributed by atoms with van der Waals surface area (Å²) in [6, 6.07) is 0. The molecule has 0 spiro atoms. The van der Waals surface area contributed by atoms with E-state index < -0.39 is 9.05 Å². The summed E-state index contributed by atoms with van der Waals surface area (Å²) in [6.07, 6.45) is 3.86. The van der Waals surface area contributed by atoms with Crippen LogP contribution in [-0.4, -0.2) is 27.4 Å². The second kappa shape index (κ2) is 7.59. The molecule has 5 heteroatoms. The van der Waals surface area contributed by atoms with Crippen molar-refractivity contribution >= 4 is 19.7 Å². The highest BCUT2D eigenvalue weighted by Crippen LogP contribution is 2.00. The van der Waals surface area contributed by atoms with Gasteiger partial charge in [0.2, 0.25) is 9.05 Å². The number of ether oxygens (including phenoxy) is 1. The van der Waals surface area contributed by atoms with Crippen molar-refractivity contribution in [3.05, 3.63) is 0 Å². The minimum absolute atomic E-state index is 0.00231. The Labute approximate surface area is 84.8 Å². The Bertz CT molecular complexity index is 201. The van der Waals surface area contributed by atoms with Gasteiger partial charge in [-0.2, -0.15) is 0 Å². The molecule has 0 saturated carbocycles. The van der Waals surface area contributed by atoms with E-state index in [9.17, 15) is 8.42 Å². The number of rotatable bonds is 8. The molecule has 3 nitrogen and oxygen atoms in total. The van der Waals surface area contributed by atoms with Gasteiger partial charge in [-0.1, -0.05) is 19.8 Å². The van der Waals surface area contributed by atoms with E-state index in [0.29, 0.717) is 13.0 Å². The zero-order valence-corrected chi connectivity index (χ0v) is 9.53. The van der Waals surface area contributed by atoms with Crippen molar-refractivity contribution in [2.75, 3.05) is 19.0 Å². The highest BCUT2D eigenvalue weighted by Gasteiger charge is 2.03. The highest BCUT2D eigenvalue weighted by molar-refractivity contribution is 8.13. The van der Waals surface area contributed by atoms with Crippen LogP contribution in [0.15, 0.2) is 0 Å². The third-order valence-electron chi connectivity index (χ3n) is 1.57. The topological polar surface area (TPSA) is 43.4 Å². The lowest BCUT2D eigenvalue weighted by molar-refractivity contribution is 0.131. The van der Waals surface area contributed by atoms with Gasteiger partial charge in [0.1, 0.15) is 0 Å². The van der Waals surface area contributed by atoms with Crippen LogP contribution in [0.25, 0.3) is 0 Å². The van der Waals surface area contributed by atoms with Crippen molar-refractivity contribution in [1.29, 1.82) is 0 Å². The third-order valence-corrected chi connectivity index (χ3v) is 2.81. The highest BCUT2D eigenvalue weighted by atomic mass is 35.7. The van der Waals surface area contributed by atoms with Gasteiger partial charge in [-0.25, -0.2) is 8.42 Å². The van der Waals surface area contributed by atoms with E-state index in [1.165, 1.54) is 6.42 Å². The standard InChI is InChI=1S/C8H17ClO3S/c1-2-3-4-6-12-7-5-8-13(9,10)11/h2-8H2,1H3. The van der Waals surface area contributed by atoms with Crippen molar-refractivity contribution in [3.8, 4) is 0 Å². The van der Waals surface area contributed by atoms with Crippen LogP contribution in [0.5, 0.6) is 0 Å². The molecule has 0 fully saturated rings. The second-order valence-electron chi connectivity index (χ2n) is 2.92. The summed E-state index contributed by atoms with van der Waals surface area (Å²) in [6.45, 7) is 3.33. The van der Waals surface area contributed by atoms with Crippen LogP contribution >= 0.6 is 10.7 Å². The third kappa shape index (κ3) is 12.2. The summed E-state index contributed by atoms with van der Waals surface area (Å²) in [5.41, 5.74) is 0. The number of unbranched alkanes of at least 4 members (excludes halogenated alkanes) is 2. The van der Waals surface area contributed by atoms with Crippen molar-refractivity contribution in [3.63, 3.8) is 0 Å². The molecule has 0 aromatic rings. The van der Waals surface area contributed by atoms with E-state index in [1.54, 1.807) is 0 Å². The van der Waals surface area contributed by atoms with Crippen molar-refractivity contribution < 1.29 is 13.2 Å². The summed E-state index contributed by atoms with van der Waals surface area (Å²) in [4.78, 5) is 0. The van der Waals surface area contributed by atoms with E-state index in [2.05, 4.69) is 6.92 Å². The van der Waals surface area contributed by atoms with Crippen molar-refractivity contribution in [1.82, 2.24) is 0 Å². The first-order chi connectivity index (χ1) is 6.06. The van der Waals surface area contributed by atoms with E-state index in [4.69, 9.17) is 15.4 Å². The largest absolute Gasteiger partial charge is 0.381 e. The summed E-state index contributed by atoms with van der Waals surface area (Å²) in [7, 11) is 1.68. The molecule has 0 saturated heterocycles. The molecule has 0 aliphatic rings. The molecule has 0 bridgehead atoms. The zero-order valence-electron chi connectivity index (χ0n) is 7.96. The minimum atomic E-state index is -3.33. The van der Waals surface area contributed by atoms with Gasteiger partial charge in [0.05, 0.1) is 5.75 Å². The van der Waals surface area contributed by atoms with Gasteiger partial charge in [0.25, 0.3) is 0 Å². The fourth-order valence-electron chi connectivity index (χ4n) is 0.890. The van der Waals surface area contributed by atoms with Gasteiger partial charge in [-0.3, -0.25) is 0 Å². The molecule has 0 aromatic carbocycles. The maximum atomic E-state index is 10.5. The lowest BCUT2D eigenvalue weighted by atomic mass is 10.3. The molecule has 0 radical (unpaired) electrons. The predicted molar refractivity (Wildman–Crippen MR) is 54.6 cm³/mol. The maximum absolute atomic E-state index is 10.5. The normalized spacial score (nSPS) is 11.8. The van der Waals surface area contributed by atoms with Gasteiger partial charge in [-0.05, 0) is 12.8 Å². The quantitative estimate of drug-likeness (QED) is 0.472. The number of hydrogen-bond acceptors (Lipinski definition) is 3. The summed E-state index contributed by atoms with van der Waals surface area (Å²) in [5.74, 6) is 0.00231. The molecule has 0 heterocycles. The predicted octanol–water partition coefficient (Wildman–Crippen LogP) is 2.15. The van der Waals surface area contributed by atoms with Crippen LogP contribution in [0.3, 0.4) is 0 Å². The van der Waals surface area contributed by atoms with Crippen LogP contribution in [0.1, 0.15) is 32.6 Å². The first-order valence-electron chi connectivity index (χ1n) is 4.56. The Morgan fingerprint density at radius 3 is 2.31 bits per heavy atom. The van der Waals surface area contributed by atoms with Crippen molar-refractivity contribution in [2.24, 2.45) is 0 Å². The Balaban J connectivity index is 3.09. The Morgan fingerprint density at radius 2 is 1.77 bits per heavy atom. The van der Waals surface area contributed by atoms with E-state index in [-0.39, 0.29) is 5.75 Å². The van der Waals surface area contributed by atoms with E-state index >= 15 is 0 Å². The van der Waals surface area contributed by atoms with Crippen molar-refractivity contribution in [2.45, 2.75) is 32.6 Å². The van der Waals surface area contributed by atoms with Gasteiger partial charge in [0.15, 0.2) is 0 Å². The zero-order chi connectivity index (χ0) is 10.2. The lowest BCUT2D eigenvalue weighted by Gasteiger charge is -2.01. The molecule has 13 heavy (non-hydrogen) atoms. The summed E-state index contributed by atoms with van der Waals surface area (Å²) >= 11 is 0. The SMILES string of the molecule is CCCCCOCCCS(=O)(=O)Cl. The molecular weight excluding hydrogens is 212 g/mol. The number of hydrogen-bond donors (Lipinski definition) is 0. The van der Waals surface area contributed by atoms with Gasteiger partial charge in [0, 0.05) is 23.9 Å². The van der Waals surface area contributed by atoms with Gasteiger partial charge < -0.3 is 4.74 Å². The molecule has 0 amide bonds. The summed E-state index contributed by atoms with van der Waals surface area (Å²) < 4.78 is 26.2. The Kier molecular flexibility index (Phi) is 7.71. The van der Waals surface area contributed by atoms with Crippen LogP contribution in [-0.2, 0) is 13.8 Å². The molecule has 0 atom stereocenters. The van der Waals surface area contributed by atoms with Crippen LogP contribution in [0, 0.1) is 0 Å². The number of halogens is 1. The van der Waals surface area contributed by atoms with E-state index in [0.717, 1.165) is 19.4 Å². The van der Waals surface area contributed by atoms with Crippen LogP contribution < -0.4 is 0 Å². The average Bonchev–Trinajstić information content (AvgIpc) is 2.01. The van der Waals surface area contributed by atoms with Gasteiger partial charge >= 0.3 is 0 Å². The molecule has 0 aromatic heterocycles. The Hall–Kier alpha value is 0.200. The fourth-order valence-corrected chi connectivity index (χ4v) is 1.68. The smallest absolute Gasteiger partial charge is 0.232 e.